The summed E-state index contributed by atoms with van der Waals surface area (Å²) in [7, 11) is 0. The first kappa shape index (κ1) is 21.0. The van der Waals surface area contributed by atoms with Crippen LogP contribution in [-0.4, -0.2) is 9.97 Å². The van der Waals surface area contributed by atoms with Crippen LogP contribution in [0.5, 0.6) is 0 Å². The Labute approximate surface area is 216 Å². The summed E-state index contributed by atoms with van der Waals surface area (Å²) in [6.45, 7) is 0. The third kappa shape index (κ3) is 3.50. The maximum atomic E-state index is 6.33. The summed E-state index contributed by atoms with van der Waals surface area (Å²) < 4.78 is 7.37. The molecule has 36 heavy (non-hydrogen) atoms. The molecular weight excluding hydrogens is 508 g/mol. The van der Waals surface area contributed by atoms with Gasteiger partial charge in [-0.05, 0) is 47.3 Å². The average molecular weight is 527 g/mol. The summed E-state index contributed by atoms with van der Waals surface area (Å²) in [6, 6.07) is 35.5. The molecule has 7 rings (SSSR count). The van der Waals surface area contributed by atoms with Gasteiger partial charge in [-0.15, -0.1) is 0 Å². The number of para-hydroxylation sites is 1. The minimum absolute atomic E-state index is 0.883. The van der Waals surface area contributed by atoms with E-state index in [-0.39, 0.29) is 0 Å². The summed E-state index contributed by atoms with van der Waals surface area (Å²) >= 11 is 3.59. The van der Waals surface area contributed by atoms with Crippen LogP contribution in [0.15, 0.2) is 124 Å². The lowest BCUT2D eigenvalue weighted by molar-refractivity contribution is 0.670. The lowest BCUT2D eigenvalue weighted by Crippen LogP contribution is -1.92. The van der Waals surface area contributed by atoms with Gasteiger partial charge < -0.3 is 4.42 Å². The van der Waals surface area contributed by atoms with Gasteiger partial charge in [0, 0.05) is 49.7 Å². The van der Waals surface area contributed by atoms with E-state index in [1.807, 2.05) is 48.8 Å². The number of fused-ring (bicyclic) bond motifs is 4. The second-order valence-electron chi connectivity index (χ2n) is 8.82. The van der Waals surface area contributed by atoms with Crippen molar-refractivity contribution in [3.05, 3.63) is 120 Å². The Kier molecular flexibility index (Phi) is 4.93. The van der Waals surface area contributed by atoms with Gasteiger partial charge in [0.05, 0.1) is 11.4 Å². The fourth-order valence-corrected chi connectivity index (χ4v) is 5.26. The number of halogens is 1. The first-order valence-electron chi connectivity index (χ1n) is 11.8. The van der Waals surface area contributed by atoms with E-state index < -0.39 is 0 Å². The zero-order valence-electron chi connectivity index (χ0n) is 19.2. The van der Waals surface area contributed by atoms with Crippen LogP contribution in [0.3, 0.4) is 0 Å². The molecule has 0 bridgehead atoms. The van der Waals surface area contributed by atoms with E-state index in [1.54, 1.807) is 0 Å². The summed E-state index contributed by atoms with van der Waals surface area (Å²) in [4.78, 5) is 9.47. The molecule has 0 atom stereocenters. The Morgan fingerprint density at radius 3 is 2.39 bits per heavy atom. The summed E-state index contributed by atoms with van der Waals surface area (Å²) in [5, 5.41) is 4.37. The molecule has 0 aliphatic heterocycles. The largest absolute Gasteiger partial charge is 0.455 e. The van der Waals surface area contributed by atoms with Gasteiger partial charge in [0.15, 0.2) is 0 Å². The number of benzene rings is 4. The van der Waals surface area contributed by atoms with Crippen LogP contribution >= 0.6 is 15.9 Å². The molecule has 7 aromatic rings. The van der Waals surface area contributed by atoms with Crippen molar-refractivity contribution in [2.75, 3.05) is 0 Å². The first-order chi connectivity index (χ1) is 17.7. The highest BCUT2D eigenvalue weighted by molar-refractivity contribution is 9.10. The number of rotatable bonds is 3. The number of furan rings is 1. The number of nitrogens with zero attached hydrogens (tertiary/aromatic N) is 2. The zero-order chi connectivity index (χ0) is 24.1. The van der Waals surface area contributed by atoms with Gasteiger partial charge in [-0.1, -0.05) is 82.7 Å². The number of hydrogen-bond donors (Lipinski definition) is 0. The van der Waals surface area contributed by atoms with Crippen molar-refractivity contribution in [1.82, 2.24) is 9.97 Å². The molecule has 170 valence electrons. The van der Waals surface area contributed by atoms with Gasteiger partial charge in [0.1, 0.15) is 11.2 Å². The third-order valence-electron chi connectivity index (χ3n) is 6.61. The molecule has 3 aromatic heterocycles. The van der Waals surface area contributed by atoms with Crippen molar-refractivity contribution in [3.8, 4) is 33.6 Å². The molecule has 4 aromatic carbocycles. The maximum Gasteiger partial charge on any atom is 0.143 e. The molecule has 0 aliphatic rings. The van der Waals surface area contributed by atoms with Gasteiger partial charge in [0.2, 0.25) is 0 Å². The van der Waals surface area contributed by atoms with E-state index in [0.717, 1.165) is 70.8 Å². The van der Waals surface area contributed by atoms with Crippen LogP contribution in [0.1, 0.15) is 0 Å². The van der Waals surface area contributed by atoms with E-state index in [1.165, 1.54) is 0 Å². The molecular formula is C32H19BrN2O. The lowest BCUT2D eigenvalue weighted by atomic mass is 9.98. The minimum atomic E-state index is 0.883. The highest BCUT2D eigenvalue weighted by Crippen LogP contribution is 2.38. The van der Waals surface area contributed by atoms with Crippen LogP contribution in [0, 0.1) is 0 Å². The van der Waals surface area contributed by atoms with Crippen LogP contribution < -0.4 is 0 Å². The third-order valence-corrected chi connectivity index (χ3v) is 7.10. The van der Waals surface area contributed by atoms with Crippen molar-refractivity contribution >= 4 is 48.6 Å². The molecule has 0 amide bonds. The van der Waals surface area contributed by atoms with Crippen LogP contribution in [0.4, 0.5) is 0 Å². The molecule has 0 saturated carbocycles. The number of pyridine rings is 2. The Morgan fingerprint density at radius 1 is 0.639 bits per heavy atom. The standard InChI is InChI=1S/C32H19BrN2O/c33-24-12-13-30-27(18-24)26-11-5-10-25(32(26)36-30)21-8-4-9-23(16-21)29-17-22-14-15-34-19-28(22)31(35-29)20-6-2-1-3-7-20/h1-19H. The van der Waals surface area contributed by atoms with Crippen molar-refractivity contribution in [2.45, 2.75) is 0 Å². The molecule has 4 heteroatoms. The van der Waals surface area contributed by atoms with E-state index in [2.05, 4.69) is 87.6 Å². The van der Waals surface area contributed by atoms with Gasteiger partial charge >= 0.3 is 0 Å². The van der Waals surface area contributed by atoms with Crippen LogP contribution in [0.2, 0.25) is 0 Å². The fourth-order valence-electron chi connectivity index (χ4n) is 4.90. The lowest BCUT2D eigenvalue weighted by Gasteiger charge is -2.11. The van der Waals surface area contributed by atoms with E-state index in [0.29, 0.717) is 0 Å². The van der Waals surface area contributed by atoms with Gasteiger partial charge in [-0.25, -0.2) is 4.98 Å². The van der Waals surface area contributed by atoms with Crippen LogP contribution in [0.25, 0.3) is 66.4 Å². The number of hydrogen-bond acceptors (Lipinski definition) is 3. The summed E-state index contributed by atoms with van der Waals surface area (Å²) in [6.07, 6.45) is 3.73. The smallest absolute Gasteiger partial charge is 0.143 e. The molecule has 0 aliphatic carbocycles. The predicted molar refractivity (Wildman–Crippen MR) is 151 cm³/mol. The van der Waals surface area contributed by atoms with Crippen LogP contribution in [-0.2, 0) is 0 Å². The monoisotopic (exact) mass is 526 g/mol. The van der Waals surface area contributed by atoms with Crippen molar-refractivity contribution in [1.29, 1.82) is 0 Å². The minimum Gasteiger partial charge on any atom is -0.455 e. The molecule has 0 spiro atoms. The zero-order valence-corrected chi connectivity index (χ0v) is 20.7. The number of aromatic nitrogens is 2. The normalized spacial score (nSPS) is 11.5. The fraction of sp³-hybridized carbons (Fsp3) is 0. The quantitative estimate of drug-likeness (QED) is 0.230. The topological polar surface area (TPSA) is 38.9 Å². The SMILES string of the molecule is Brc1ccc2oc3c(-c4cccc(-c5cc6ccncc6c(-c6ccccc6)n5)c4)cccc3c2c1. The predicted octanol–water partition coefficient (Wildman–Crippen LogP) is 9.29. The molecule has 0 saturated heterocycles. The molecule has 3 heterocycles. The van der Waals surface area contributed by atoms with Crippen molar-refractivity contribution in [3.63, 3.8) is 0 Å². The Morgan fingerprint density at radius 2 is 1.47 bits per heavy atom. The maximum absolute atomic E-state index is 6.33. The Balaban J connectivity index is 1.42. The molecule has 0 radical (unpaired) electrons. The second-order valence-corrected chi connectivity index (χ2v) is 9.74. The van der Waals surface area contributed by atoms with E-state index >= 15 is 0 Å². The van der Waals surface area contributed by atoms with Gasteiger partial charge in [0.25, 0.3) is 0 Å². The van der Waals surface area contributed by atoms with Crippen molar-refractivity contribution < 1.29 is 4.42 Å². The van der Waals surface area contributed by atoms with Crippen molar-refractivity contribution in [2.24, 2.45) is 0 Å². The molecule has 0 fully saturated rings. The molecule has 3 nitrogen and oxygen atoms in total. The average Bonchev–Trinajstić information content (AvgIpc) is 3.31. The van der Waals surface area contributed by atoms with E-state index in [9.17, 15) is 0 Å². The summed E-state index contributed by atoms with van der Waals surface area (Å²) in [5.41, 5.74) is 7.93. The summed E-state index contributed by atoms with van der Waals surface area (Å²) in [5.74, 6) is 0. The van der Waals surface area contributed by atoms with Gasteiger partial charge in [-0.3, -0.25) is 4.98 Å². The molecule has 0 N–H and O–H groups in total. The Bertz CT molecular complexity index is 1910. The second kappa shape index (κ2) is 8.43. The van der Waals surface area contributed by atoms with Gasteiger partial charge in [-0.2, -0.15) is 0 Å². The first-order valence-corrected chi connectivity index (χ1v) is 12.6. The molecule has 0 unspecified atom stereocenters. The highest BCUT2D eigenvalue weighted by atomic mass is 79.9. The Hall–Kier alpha value is -4.28. The van der Waals surface area contributed by atoms with E-state index in [4.69, 9.17) is 9.40 Å². The highest BCUT2D eigenvalue weighted by Gasteiger charge is 2.14.